The van der Waals surface area contributed by atoms with Gasteiger partial charge in [-0.15, -0.1) is 0 Å². The molecule has 0 aromatic rings. The van der Waals surface area contributed by atoms with Crippen molar-refractivity contribution in [2.45, 2.75) is 32.2 Å². The Morgan fingerprint density at radius 2 is 1.47 bits per heavy atom. The maximum atomic E-state index is 12.3. The fourth-order valence-corrected chi connectivity index (χ4v) is 2.85. The lowest BCUT2D eigenvalue weighted by Gasteiger charge is -2.44. The molecule has 0 unspecified atom stereocenters. The second kappa shape index (κ2) is 5.63. The smallest absolute Gasteiger partial charge is 0.320 e. The molecule has 2 saturated heterocycles. The molecular weight excluding hydrogens is 260 g/mol. The van der Waals surface area contributed by atoms with E-state index in [0.717, 1.165) is 52.1 Å². The molecule has 0 aromatic carbocycles. The zero-order valence-corrected chi connectivity index (χ0v) is 12.7. The highest BCUT2D eigenvalue weighted by molar-refractivity contribution is 7.80. The number of hydrogen-bond donors (Lipinski definition) is 1. The monoisotopic (exact) mass is 284 g/mol. The highest BCUT2D eigenvalue weighted by Crippen LogP contribution is 2.19. The van der Waals surface area contributed by atoms with Crippen LogP contribution < -0.4 is 5.73 Å². The van der Waals surface area contributed by atoms with Crippen molar-refractivity contribution in [1.82, 2.24) is 14.7 Å². The molecule has 5 nitrogen and oxygen atoms in total. The van der Waals surface area contributed by atoms with E-state index in [1.54, 1.807) is 0 Å². The third kappa shape index (κ3) is 3.00. The summed E-state index contributed by atoms with van der Waals surface area (Å²) in [5, 5.41) is 0. The quantitative estimate of drug-likeness (QED) is 0.765. The Balaban J connectivity index is 1.88. The van der Waals surface area contributed by atoms with Gasteiger partial charge >= 0.3 is 6.03 Å². The number of urea groups is 1. The van der Waals surface area contributed by atoms with Crippen LogP contribution in [0.3, 0.4) is 0 Å². The Morgan fingerprint density at radius 1 is 1.00 bits per heavy atom. The normalized spacial score (nSPS) is 21.8. The van der Waals surface area contributed by atoms with Gasteiger partial charge in [-0.25, -0.2) is 4.79 Å². The summed E-state index contributed by atoms with van der Waals surface area (Å²) in [5.74, 6) is 0. The van der Waals surface area contributed by atoms with E-state index in [1.807, 2.05) is 23.6 Å². The van der Waals surface area contributed by atoms with Gasteiger partial charge in [0.2, 0.25) is 0 Å². The first-order valence-corrected chi connectivity index (χ1v) is 7.42. The summed E-state index contributed by atoms with van der Waals surface area (Å²) >= 11 is 5.13. The third-order valence-corrected chi connectivity index (χ3v) is 4.82. The van der Waals surface area contributed by atoms with Gasteiger partial charge < -0.3 is 15.5 Å². The first-order chi connectivity index (χ1) is 8.93. The minimum atomic E-state index is -0.266. The lowest BCUT2D eigenvalue weighted by atomic mass is 10.0. The van der Waals surface area contributed by atoms with E-state index in [4.69, 9.17) is 18.0 Å². The number of nitrogens with two attached hydrogens (primary N) is 1. The van der Waals surface area contributed by atoms with E-state index in [1.165, 1.54) is 0 Å². The summed E-state index contributed by atoms with van der Waals surface area (Å²) in [5.41, 5.74) is 5.53. The van der Waals surface area contributed by atoms with Crippen LogP contribution in [0.2, 0.25) is 0 Å². The summed E-state index contributed by atoms with van der Waals surface area (Å²) < 4.78 is 0. The molecule has 0 spiro atoms. The number of likely N-dealkylation sites (tertiary alicyclic amines) is 1. The van der Waals surface area contributed by atoms with Crippen LogP contribution in [0.1, 0.15) is 26.7 Å². The molecule has 0 saturated carbocycles. The largest absolute Gasteiger partial charge is 0.392 e. The Kier molecular flexibility index (Phi) is 4.30. The Morgan fingerprint density at radius 3 is 1.95 bits per heavy atom. The number of nitrogens with zero attached hydrogens (tertiary/aromatic N) is 3. The van der Waals surface area contributed by atoms with Crippen LogP contribution in [0.15, 0.2) is 0 Å². The van der Waals surface area contributed by atoms with Gasteiger partial charge in [-0.2, -0.15) is 0 Å². The van der Waals surface area contributed by atoms with Crippen molar-refractivity contribution in [3.8, 4) is 0 Å². The third-order valence-electron chi connectivity index (χ3n) is 4.32. The van der Waals surface area contributed by atoms with E-state index in [0.29, 0.717) is 4.99 Å². The molecule has 108 valence electrons. The average Bonchev–Trinajstić information content (AvgIpc) is 2.91. The Labute approximate surface area is 120 Å². The molecule has 0 bridgehead atoms. The lowest BCUT2D eigenvalue weighted by Crippen LogP contribution is -2.60. The van der Waals surface area contributed by atoms with E-state index < -0.39 is 0 Å². The van der Waals surface area contributed by atoms with Crippen LogP contribution in [0.25, 0.3) is 0 Å². The summed E-state index contributed by atoms with van der Waals surface area (Å²) in [6.45, 7) is 9.13. The second-order valence-corrected chi connectivity index (χ2v) is 6.31. The van der Waals surface area contributed by atoms with E-state index in [9.17, 15) is 4.79 Å². The van der Waals surface area contributed by atoms with Gasteiger partial charge in [0.1, 0.15) is 0 Å². The number of rotatable bonds is 2. The van der Waals surface area contributed by atoms with Crippen molar-refractivity contribution >= 4 is 23.2 Å². The van der Waals surface area contributed by atoms with Gasteiger partial charge in [0.05, 0.1) is 10.5 Å². The van der Waals surface area contributed by atoms with Gasteiger partial charge in [0.25, 0.3) is 0 Å². The highest BCUT2D eigenvalue weighted by atomic mass is 32.1. The van der Waals surface area contributed by atoms with Crippen molar-refractivity contribution < 1.29 is 4.79 Å². The van der Waals surface area contributed by atoms with Crippen LogP contribution in [-0.4, -0.2) is 70.5 Å². The fourth-order valence-electron chi connectivity index (χ4n) is 2.72. The Hall–Kier alpha value is -0.880. The standard InChI is InChI=1S/C13H24N4OS/c1-13(2,11(14)19)17-9-7-16(8-10-17)12(18)15-5-3-4-6-15/h3-10H2,1-2H3,(H2,14,19). The van der Waals surface area contributed by atoms with Crippen LogP contribution in [-0.2, 0) is 0 Å². The maximum absolute atomic E-state index is 12.3. The SMILES string of the molecule is CC(C)(C(N)=S)N1CCN(C(=O)N2CCCC2)CC1. The molecular formula is C13H24N4OS. The van der Waals surface area contributed by atoms with E-state index in [2.05, 4.69) is 4.90 Å². The number of hydrogen-bond acceptors (Lipinski definition) is 3. The van der Waals surface area contributed by atoms with Crippen molar-refractivity contribution in [2.24, 2.45) is 5.73 Å². The highest BCUT2D eigenvalue weighted by Gasteiger charge is 2.34. The summed E-state index contributed by atoms with van der Waals surface area (Å²) in [6, 6.07) is 0.199. The Bertz CT molecular complexity index is 358. The summed E-state index contributed by atoms with van der Waals surface area (Å²) in [4.78, 5) is 19.0. The molecule has 2 rings (SSSR count). The molecule has 2 N–H and O–H groups in total. The zero-order valence-electron chi connectivity index (χ0n) is 11.9. The predicted molar refractivity (Wildman–Crippen MR) is 80.2 cm³/mol. The molecule has 2 aliphatic heterocycles. The van der Waals surface area contributed by atoms with Crippen LogP contribution >= 0.6 is 12.2 Å². The van der Waals surface area contributed by atoms with Gasteiger partial charge in [-0.1, -0.05) is 12.2 Å². The van der Waals surface area contributed by atoms with E-state index >= 15 is 0 Å². The molecule has 0 aliphatic carbocycles. The number of carbonyl (C=O) groups excluding carboxylic acids is 1. The predicted octanol–water partition coefficient (Wildman–Crippen LogP) is 0.885. The average molecular weight is 284 g/mol. The van der Waals surface area contributed by atoms with Crippen LogP contribution in [0.4, 0.5) is 4.79 Å². The first-order valence-electron chi connectivity index (χ1n) is 7.02. The number of amides is 2. The second-order valence-electron chi connectivity index (χ2n) is 5.87. The number of piperazine rings is 1. The first kappa shape index (κ1) is 14.5. The molecule has 0 atom stereocenters. The molecule has 2 amide bonds. The molecule has 2 fully saturated rings. The van der Waals surface area contributed by atoms with Crippen molar-refractivity contribution in [3.63, 3.8) is 0 Å². The lowest BCUT2D eigenvalue weighted by molar-refractivity contribution is 0.0863. The molecule has 2 heterocycles. The molecule has 19 heavy (non-hydrogen) atoms. The van der Waals surface area contributed by atoms with Crippen molar-refractivity contribution in [2.75, 3.05) is 39.3 Å². The minimum absolute atomic E-state index is 0.199. The topological polar surface area (TPSA) is 52.8 Å². The molecule has 6 heteroatoms. The zero-order chi connectivity index (χ0) is 14.0. The number of carbonyl (C=O) groups is 1. The minimum Gasteiger partial charge on any atom is -0.392 e. The maximum Gasteiger partial charge on any atom is 0.320 e. The number of thiocarbonyl (C=S) groups is 1. The molecule has 2 aliphatic rings. The molecule has 0 radical (unpaired) electrons. The van der Waals surface area contributed by atoms with Gasteiger partial charge in [-0.3, -0.25) is 4.90 Å². The van der Waals surface area contributed by atoms with E-state index in [-0.39, 0.29) is 11.6 Å². The van der Waals surface area contributed by atoms with Gasteiger partial charge in [0, 0.05) is 39.3 Å². The fraction of sp³-hybridized carbons (Fsp3) is 0.846. The van der Waals surface area contributed by atoms with Gasteiger partial charge in [-0.05, 0) is 26.7 Å². The van der Waals surface area contributed by atoms with Crippen LogP contribution in [0.5, 0.6) is 0 Å². The summed E-state index contributed by atoms with van der Waals surface area (Å²) in [6.07, 6.45) is 2.28. The van der Waals surface area contributed by atoms with Gasteiger partial charge in [0.15, 0.2) is 0 Å². The van der Waals surface area contributed by atoms with Crippen molar-refractivity contribution in [3.05, 3.63) is 0 Å². The van der Waals surface area contributed by atoms with Crippen molar-refractivity contribution in [1.29, 1.82) is 0 Å². The summed E-state index contributed by atoms with van der Waals surface area (Å²) in [7, 11) is 0. The molecule has 0 aromatic heterocycles. The van der Waals surface area contributed by atoms with Crippen LogP contribution in [0, 0.1) is 0 Å².